The van der Waals surface area contributed by atoms with Crippen LogP contribution in [0.3, 0.4) is 0 Å². The van der Waals surface area contributed by atoms with E-state index in [0.717, 1.165) is 0 Å². The molecule has 0 bridgehead atoms. The van der Waals surface area contributed by atoms with Gasteiger partial charge in [-0.1, -0.05) is 0 Å². The minimum absolute atomic E-state index is 0.258. The number of carbonyl (C=O) groups is 2. The van der Waals surface area contributed by atoms with Crippen molar-refractivity contribution in [2.75, 3.05) is 0 Å². The Bertz CT molecular complexity index is 446. The number of aliphatic imine (C=N–C) groups is 2. The number of amidine groups is 2. The highest BCUT2D eigenvalue weighted by Crippen LogP contribution is 2.06. The van der Waals surface area contributed by atoms with E-state index in [1.807, 2.05) is 0 Å². The maximum atomic E-state index is 11.2. The van der Waals surface area contributed by atoms with Crippen LogP contribution in [0.2, 0.25) is 0 Å². The van der Waals surface area contributed by atoms with Crippen molar-refractivity contribution < 1.29 is 29.9 Å². The Hall–Kier alpha value is -2.16. The maximum Gasteiger partial charge on any atom is 0.341 e. The standard InChI is InChI=1S/C6H8N6O6S2/c7-3(8)19-5(17-15)11-1(13)2(14)12-6(18-16)20-4(9)10/h15-16H,(H3,7,8)(H3,9,10). The summed E-state index contributed by atoms with van der Waals surface area (Å²) in [7, 11) is 0. The fraction of sp³-hybridized carbons (Fsp3) is 0. The third-order valence-electron chi connectivity index (χ3n) is 1.12. The molecule has 8 N–H and O–H groups in total. The normalized spacial score (nSPS) is 11.7. The van der Waals surface area contributed by atoms with E-state index in [-0.39, 0.29) is 23.5 Å². The molecule has 0 aromatic carbocycles. The van der Waals surface area contributed by atoms with Gasteiger partial charge in [0.1, 0.15) is 0 Å². The molecule has 20 heavy (non-hydrogen) atoms. The molecule has 0 rings (SSSR count). The Labute approximate surface area is 119 Å². The first-order chi connectivity index (χ1) is 9.29. The molecule has 0 aliphatic rings. The number of nitrogens with zero attached hydrogens (tertiary/aromatic N) is 2. The van der Waals surface area contributed by atoms with Gasteiger partial charge in [-0.2, -0.15) is 9.98 Å². The van der Waals surface area contributed by atoms with Gasteiger partial charge in [-0.25, -0.2) is 10.5 Å². The lowest BCUT2D eigenvalue weighted by Crippen LogP contribution is -2.17. The minimum atomic E-state index is -1.51. The number of hydrogen-bond donors (Lipinski definition) is 6. The molecule has 0 aliphatic heterocycles. The summed E-state index contributed by atoms with van der Waals surface area (Å²) in [5.74, 6) is -3.02. The average Bonchev–Trinajstić information content (AvgIpc) is 2.35. The van der Waals surface area contributed by atoms with Gasteiger partial charge in [-0.3, -0.25) is 20.4 Å². The van der Waals surface area contributed by atoms with Crippen LogP contribution in [-0.4, -0.2) is 43.1 Å². The van der Waals surface area contributed by atoms with Gasteiger partial charge >= 0.3 is 22.3 Å². The number of carbonyl (C=O) groups excluding carboxylic acids is 2. The van der Waals surface area contributed by atoms with Gasteiger partial charge < -0.3 is 21.2 Å². The third-order valence-corrected chi connectivity index (χ3v) is 2.24. The molecule has 0 atom stereocenters. The molecular formula is C6H8N6O6S2. The Kier molecular flexibility index (Phi) is 7.90. The second kappa shape index (κ2) is 8.86. The minimum Gasteiger partial charge on any atom is -0.378 e. The number of thioether (sulfide) groups is 2. The van der Waals surface area contributed by atoms with E-state index in [4.69, 9.17) is 32.8 Å². The van der Waals surface area contributed by atoms with Gasteiger partial charge in [-0.15, -0.1) is 0 Å². The van der Waals surface area contributed by atoms with E-state index in [2.05, 4.69) is 19.8 Å². The van der Waals surface area contributed by atoms with Crippen LogP contribution in [0.5, 0.6) is 0 Å². The molecular weight excluding hydrogens is 316 g/mol. The molecule has 0 aromatic heterocycles. The summed E-state index contributed by atoms with van der Waals surface area (Å²) < 4.78 is 0. The van der Waals surface area contributed by atoms with E-state index in [9.17, 15) is 9.59 Å². The predicted molar refractivity (Wildman–Crippen MR) is 71.3 cm³/mol. The van der Waals surface area contributed by atoms with E-state index < -0.39 is 32.6 Å². The molecule has 0 spiro atoms. The SMILES string of the molecule is N=C(N)SC(=NC(=O)C(=O)N=C(OO)SC(=N)N)OO. The van der Waals surface area contributed by atoms with Crippen LogP contribution in [-0.2, 0) is 19.4 Å². The van der Waals surface area contributed by atoms with E-state index in [1.54, 1.807) is 0 Å². The molecule has 0 saturated carbocycles. The lowest BCUT2D eigenvalue weighted by Gasteiger charge is -1.99. The van der Waals surface area contributed by atoms with Crippen LogP contribution < -0.4 is 11.5 Å². The van der Waals surface area contributed by atoms with Crippen LogP contribution >= 0.6 is 23.5 Å². The van der Waals surface area contributed by atoms with Crippen LogP contribution in [0.1, 0.15) is 0 Å². The molecule has 0 aliphatic carbocycles. The summed E-state index contributed by atoms with van der Waals surface area (Å²) >= 11 is 0.516. The maximum absolute atomic E-state index is 11.2. The summed E-state index contributed by atoms with van der Waals surface area (Å²) in [5, 5.41) is 27.7. The number of nitrogens with one attached hydrogen (secondary N) is 2. The highest BCUT2D eigenvalue weighted by atomic mass is 32.2. The summed E-state index contributed by atoms with van der Waals surface area (Å²) in [6.45, 7) is 0. The highest BCUT2D eigenvalue weighted by molar-refractivity contribution is 8.26. The Morgan fingerprint density at radius 1 is 0.900 bits per heavy atom. The zero-order valence-electron chi connectivity index (χ0n) is 9.39. The lowest BCUT2D eigenvalue weighted by molar-refractivity contribution is -0.153. The van der Waals surface area contributed by atoms with E-state index in [1.165, 1.54) is 0 Å². The smallest absolute Gasteiger partial charge is 0.341 e. The number of nitrogens with two attached hydrogens (primary N) is 2. The van der Waals surface area contributed by atoms with Crippen LogP contribution in [0.25, 0.3) is 0 Å². The largest absolute Gasteiger partial charge is 0.378 e. The van der Waals surface area contributed by atoms with Gasteiger partial charge in [0, 0.05) is 23.5 Å². The Morgan fingerprint density at radius 2 is 1.20 bits per heavy atom. The molecule has 12 nitrogen and oxygen atoms in total. The fourth-order valence-electron chi connectivity index (χ4n) is 0.573. The first-order valence-corrected chi connectivity index (χ1v) is 5.85. The van der Waals surface area contributed by atoms with Crippen molar-refractivity contribution in [2.24, 2.45) is 21.5 Å². The Morgan fingerprint density at radius 3 is 1.40 bits per heavy atom. The average molecular weight is 324 g/mol. The second-order valence-corrected chi connectivity index (χ2v) is 4.47. The molecule has 0 aromatic rings. The van der Waals surface area contributed by atoms with Gasteiger partial charge in [-0.05, 0) is 0 Å². The Balaban J connectivity index is 4.96. The summed E-state index contributed by atoms with van der Waals surface area (Å²) in [5.41, 5.74) is 9.87. The number of rotatable bonds is 0. The van der Waals surface area contributed by atoms with Crippen molar-refractivity contribution in [3.05, 3.63) is 0 Å². The molecule has 14 heteroatoms. The molecule has 0 heterocycles. The first-order valence-electron chi connectivity index (χ1n) is 4.22. The van der Waals surface area contributed by atoms with Crippen molar-refractivity contribution in [2.45, 2.75) is 0 Å². The predicted octanol–water partition coefficient (Wildman–Crippen LogP) is -1.02. The van der Waals surface area contributed by atoms with Crippen LogP contribution in [0.15, 0.2) is 9.98 Å². The third kappa shape index (κ3) is 7.31. The fourth-order valence-corrected chi connectivity index (χ4v) is 1.28. The van der Waals surface area contributed by atoms with Gasteiger partial charge in [0.2, 0.25) is 0 Å². The van der Waals surface area contributed by atoms with Crippen LogP contribution in [0, 0.1) is 10.8 Å². The van der Waals surface area contributed by atoms with Crippen molar-refractivity contribution in [1.29, 1.82) is 10.8 Å². The molecule has 2 amide bonds. The molecule has 0 fully saturated rings. The first kappa shape index (κ1) is 17.8. The summed E-state index contributed by atoms with van der Waals surface area (Å²) in [6.07, 6.45) is 0. The van der Waals surface area contributed by atoms with Crippen molar-refractivity contribution in [1.82, 2.24) is 0 Å². The van der Waals surface area contributed by atoms with E-state index in [0.29, 0.717) is 0 Å². The van der Waals surface area contributed by atoms with Crippen molar-refractivity contribution >= 4 is 56.1 Å². The molecule has 0 radical (unpaired) electrons. The molecule has 0 saturated heterocycles. The molecule has 110 valence electrons. The van der Waals surface area contributed by atoms with Crippen LogP contribution in [0.4, 0.5) is 0 Å². The second-order valence-electron chi connectivity index (χ2n) is 2.48. The zero-order valence-corrected chi connectivity index (χ0v) is 11.0. The topological polar surface area (TPSA) is 218 Å². The zero-order chi connectivity index (χ0) is 15.7. The number of hydrogen-bond acceptors (Lipinski definition) is 10. The highest BCUT2D eigenvalue weighted by Gasteiger charge is 2.18. The summed E-state index contributed by atoms with van der Waals surface area (Å²) in [6, 6.07) is 0. The quantitative estimate of drug-likeness (QED) is 0.105. The monoisotopic (exact) mass is 324 g/mol. The van der Waals surface area contributed by atoms with Gasteiger partial charge in [0.05, 0.1) is 0 Å². The van der Waals surface area contributed by atoms with Crippen molar-refractivity contribution in [3.63, 3.8) is 0 Å². The van der Waals surface area contributed by atoms with Gasteiger partial charge in [0.15, 0.2) is 10.3 Å². The van der Waals surface area contributed by atoms with Gasteiger partial charge in [0.25, 0.3) is 0 Å². The molecule has 0 unspecified atom stereocenters. The summed E-state index contributed by atoms with van der Waals surface area (Å²) in [4.78, 5) is 35.6. The number of amides is 2. The lowest BCUT2D eigenvalue weighted by atomic mass is 10.6. The van der Waals surface area contributed by atoms with Crippen molar-refractivity contribution in [3.8, 4) is 0 Å². The van der Waals surface area contributed by atoms with E-state index >= 15 is 0 Å².